The summed E-state index contributed by atoms with van der Waals surface area (Å²) in [5.74, 6) is -0.773. The minimum absolute atomic E-state index is 0.0138. The number of furan rings is 1. The highest BCUT2D eigenvalue weighted by Crippen LogP contribution is 2.29. The number of amides is 2. The van der Waals surface area contributed by atoms with E-state index in [1.54, 1.807) is 43.3 Å². The van der Waals surface area contributed by atoms with E-state index < -0.39 is 17.8 Å². The van der Waals surface area contributed by atoms with Crippen molar-refractivity contribution in [3.05, 3.63) is 64.4 Å². The summed E-state index contributed by atoms with van der Waals surface area (Å²) in [6, 6.07) is 11.9. The van der Waals surface area contributed by atoms with E-state index in [0.29, 0.717) is 17.1 Å². The number of aliphatic hydroxyl groups is 1. The fourth-order valence-corrected chi connectivity index (χ4v) is 3.18. The summed E-state index contributed by atoms with van der Waals surface area (Å²) >= 11 is 0. The Kier molecular flexibility index (Phi) is 6.48. The van der Waals surface area contributed by atoms with Crippen LogP contribution in [0.2, 0.25) is 0 Å². The van der Waals surface area contributed by atoms with E-state index in [1.807, 2.05) is 6.07 Å². The Morgan fingerprint density at radius 2 is 1.90 bits per heavy atom. The summed E-state index contributed by atoms with van der Waals surface area (Å²) < 4.78 is 10.5. The summed E-state index contributed by atoms with van der Waals surface area (Å²) in [5.41, 5.74) is 1.46. The van der Waals surface area contributed by atoms with Gasteiger partial charge in [-0.2, -0.15) is 5.26 Å². The number of hydrogen-bond donors (Lipinski definition) is 1. The number of esters is 1. The molecule has 1 N–H and O–H groups in total. The highest BCUT2D eigenvalue weighted by Gasteiger charge is 2.35. The molecule has 0 bridgehead atoms. The van der Waals surface area contributed by atoms with E-state index in [-0.39, 0.29) is 36.3 Å². The van der Waals surface area contributed by atoms with E-state index in [1.165, 1.54) is 13.2 Å². The Morgan fingerprint density at radius 1 is 1.19 bits per heavy atom. The predicted octanol–water partition coefficient (Wildman–Crippen LogP) is 2.71. The predicted molar refractivity (Wildman–Crippen MR) is 110 cm³/mol. The Hall–Kier alpha value is -3.96. The molecule has 1 aromatic heterocycles. The Balaban J connectivity index is 1.94. The van der Waals surface area contributed by atoms with Gasteiger partial charge in [0.2, 0.25) is 0 Å². The number of imide groups is 1. The topological polar surface area (TPSA) is 121 Å². The minimum Gasteiger partial charge on any atom is -0.465 e. The van der Waals surface area contributed by atoms with Crippen LogP contribution in [-0.2, 0) is 14.3 Å². The summed E-state index contributed by atoms with van der Waals surface area (Å²) in [4.78, 5) is 37.8. The summed E-state index contributed by atoms with van der Waals surface area (Å²) in [6.45, 7) is 1.37. The number of methoxy groups -OCH3 is 1. The molecule has 0 aliphatic carbocycles. The highest BCUT2D eigenvalue weighted by molar-refractivity contribution is 6.19. The van der Waals surface area contributed by atoms with E-state index in [0.717, 1.165) is 10.5 Å². The number of ether oxygens (including phenoxy) is 1. The molecule has 1 aliphatic heterocycles. The van der Waals surface area contributed by atoms with Crippen LogP contribution in [0.5, 0.6) is 0 Å². The average Bonchev–Trinajstić information content (AvgIpc) is 3.25. The van der Waals surface area contributed by atoms with Gasteiger partial charge in [-0.3, -0.25) is 14.5 Å². The molecule has 158 valence electrons. The number of aliphatic hydroxyl groups excluding tert-OH is 1. The molecule has 8 heteroatoms. The Bertz CT molecular complexity index is 1130. The standard InChI is InChI=1S/C23H20N2O6/c1-14-18(21(27)25(10-3-11-26)22(28)19(14)13-24)12-17-8-9-20(31-17)15-4-6-16(7-5-15)23(29)30-2/h4-9,12,26H,3,10-11H2,1-2H3/b18-12+. The first-order valence-corrected chi connectivity index (χ1v) is 9.50. The van der Waals surface area contributed by atoms with Crippen molar-refractivity contribution >= 4 is 23.9 Å². The quantitative estimate of drug-likeness (QED) is 0.433. The molecule has 31 heavy (non-hydrogen) atoms. The van der Waals surface area contributed by atoms with Crippen LogP contribution in [0.25, 0.3) is 17.4 Å². The molecular formula is C23H20N2O6. The van der Waals surface area contributed by atoms with Crippen molar-refractivity contribution in [2.24, 2.45) is 0 Å². The molecule has 8 nitrogen and oxygen atoms in total. The number of nitriles is 1. The number of nitrogens with zero attached hydrogens (tertiary/aromatic N) is 2. The molecule has 0 fully saturated rings. The first-order valence-electron chi connectivity index (χ1n) is 9.50. The van der Waals surface area contributed by atoms with Crippen LogP contribution in [0.3, 0.4) is 0 Å². The molecule has 1 aliphatic rings. The summed E-state index contributed by atoms with van der Waals surface area (Å²) in [6.07, 6.45) is 1.70. The summed E-state index contributed by atoms with van der Waals surface area (Å²) in [7, 11) is 1.31. The van der Waals surface area contributed by atoms with Gasteiger partial charge in [0, 0.05) is 24.3 Å². The first-order chi connectivity index (χ1) is 14.9. The molecule has 2 aromatic rings. The lowest BCUT2D eigenvalue weighted by atomic mass is 9.94. The van der Waals surface area contributed by atoms with E-state index in [9.17, 15) is 19.6 Å². The van der Waals surface area contributed by atoms with Gasteiger partial charge in [-0.15, -0.1) is 0 Å². The van der Waals surface area contributed by atoms with Gasteiger partial charge in [0.1, 0.15) is 23.2 Å². The molecule has 0 saturated carbocycles. The van der Waals surface area contributed by atoms with Crippen molar-refractivity contribution in [2.45, 2.75) is 13.3 Å². The van der Waals surface area contributed by atoms with Crippen molar-refractivity contribution in [1.29, 1.82) is 5.26 Å². The maximum Gasteiger partial charge on any atom is 0.337 e. The van der Waals surface area contributed by atoms with Gasteiger partial charge in [0.25, 0.3) is 11.8 Å². The van der Waals surface area contributed by atoms with Gasteiger partial charge < -0.3 is 14.3 Å². The molecule has 1 aromatic carbocycles. The van der Waals surface area contributed by atoms with Crippen molar-refractivity contribution in [3.8, 4) is 17.4 Å². The normalized spacial score (nSPS) is 15.4. The van der Waals surface area contributed by atoms with Crippen LogP contribution in [0, 0.1) is 11.3 Å². The molecule has 0 spiro atoms. The van der Waals surface area contributed by atoms with Crippen LogP contribution in [-0.4, -0.2) is 48.1 Å². The maximum absolute atomic E-state index is 12.9. The van der Waals surface area contributed by atoms with Gasteiger partial charge in [-0.1, -0.05) is 12.1 Å². The van der Waals surface area contributed by atoms with Crippen molar-refractivity contribution in [2.75, 3.05) is 20.3 Å². The largest absolute Gasteiger partial charge is 0.465 e. The Labute approximate surface area is 178 Å². The second kappa shape index (κ2) is 9.24. The van der Waals surface area contributed by atoms with Gasteiger partial charge in [-0.05, 0) is 49.3 Å². The zero-order valence-electron chi connectivity index (χ0n) is 17.0. The first kappa shape index (κ1) is 21.7. The summed E-state index contributed by atoms with van der Waals surface area (Å²) in [5, 5.41) is 18.4. The van der Waals surface area contributed by atoms with Crippen LogP contribution in [0.4, 0.5) is 0 Å². The maximum atomic E-state index is 12.9. The lowest BCUT2D eigenvalue weighted by molar-refractivity contribution is -0.140. The van der Waals surface area contributed by atoms with E-state index in [2.05, 4.69) is 4.74 Å². The lowest BCUT2D eigenvalue weighted by Crippen LogP contribution is -2.43. The van der Waals surface area contributed by atoms with Crippen molar-refractivity contribution in [3.63, 3.8) is 0 Å². The molecule has 0 saturated heterocycles. The zero-order valence-corrected chi connectivity index (χ0v) is 17.0. The molecule has 3 rings (SSSR count). The fraction of sp³-hybridized carbons (Fsp3) is 0.217. The zero-order chi connectivity index (χ0) is 22.5. The van der Waals surface area contributed by atoms with E-state index >= 15 is 0 Å². The lowest BCUT2D eigenvalue weighted by Gasteiger charge is -2.27. The molecule has 0 radical (unpaired) electrons. The van der Waals surface area contributed by atoms with Gasteiger partial charge in [0.15, 0.2) is 0 Å². The molecule has 0 unspecified atom stereocenters. The van der Waals surface area contributed by atoms with Crippen molar-refractivity contribution in [1.82, 2.24) is 4.90 Å². The van der Waals surface area contributed by atoms with Crippen LogP contribution < -0.4 is 0 Å². The van der Waals surface area contributed by atoms with Gasteiger partial charge >= 0.3 is 5.97 Å². The number of hydrogen-bond acceptors (Lipinski definition) is 7. The number of benzene rings is 1. The van der Waals surface area contributed by atoms with Crippen molar-refractivity contribution < 1.29 is 28.6 Å². The third-order valence-electron chi connectivity index (χ3n) is 4.87. The SMILES string of the molecule is COC(=O)c1ccc(-c2ccc(/C=C3/C(=O)N(CCCO)C(=O)C(C#N)=C3C)o2)cc1. The molecule has 2 amide bonds. The second-order valence-electron chi connectivity index (χ2n) is 6.78. The minimum atomic E-state index is -0.665. The number of carbonyl (C=O) groups is 3. The molecular weight excluding hydrogens is 400 g/mol. The van der Waals surface area contributed by atoms with Gasteiger partial charge in [0.05, 0.1) is 12.7 Å². The highest BCUT2D eigenvalue weighted by atomic mass is 16.5. The molecule has 0 atom stereocenters. The number of carbonyl (C=O) groups excluding carboxylic acids is 3. The van der Waals surface area contributed by atoms with Crippen LogP contribution in [0.1, 0.15) is 29.5 Å². The third-order valence-corrected chi connectivity index (χ3v) is 4.87. The smallest absolute Gasteiger partial charge is 0.337 e. The Morgan fingerprint density at radius 3 is 2.52 bits per heavy atom. The van der Waals surface area contributed by atoms with E-state index in [4.69, 9.17) is 9.52 Å². The van der Waals surface area contributed by atoms with Gasteiger partial charge in [-0.25, -0.2) is 4.79 Å². The average molecular weight is 420 g/mol. The fourth-order valence-electron chi connectivity index (χ4n) is 3.18. The second-order valence-corrected chi connectivity index (χ2v) is 6.78. The monoisotopic (exact) mass is 420 g/mol. The van der Waals surface area contributed by atoms with Crippen LogP contribution >= 0.6 is 0 Å². The molecule has 2 heterocycles. The third kappa shape index (κ3) is 4.32. The van der Waals surface area contributed by atoms with Crippen LogP contribution in [0.15, 0.2) is 57.5 Å². The number of rotatable bonds is 6.